The Hall–Kier alpha value is -1.42. The fourth-order valence-corrected chi connectivity index (χ4v) is 1.63. The third-order valence-corrected chi connectivity index (χ3v) is 2.75. The van der Waals surface area contributed by atoms with Gasteiger partial charge < -0.3 is 11.1 Å². The lowest BCUT2D eigenvalue weighted by Crippen LogP contribution is -2.44. The normalized spacial score (nSPS) is 13.2. The van der Waals surface area contributed by atoms with Gasteiger partial charge in [-0.2, -0.15) is 0 Å². The van der Waals surface area contributed by atoms with Crippen LogP contribution in [0.3, 0.4) is 0 Å². The van der Waals surface area contributed by atoms with Crippen LogP contribution in [0.1, 0.15) is 37.6 Å². The lowest BCUT2D eigenvalue weighted by molar-refractivity contribution is 0.0899. The predicted octanol–water partition coefficient (Wildman–Crippen LogP) is 1.57. The van der Waals surface area contributed by atoms with Gasteiger partial charge in [-0.25, -0.2) is 0 Å². The lowest BCUT2D eigenvalue weighted by atomic mass is 9.84. The largest absolute Gasteiger partial charge is 0.349 e. The molecule has 1 unspecified atom stereocenters. The van der Waals surface area contributed by atoms with Crippen LogP contribution >= 0.6 is 0 Å². The molecular formula is C13H21N3O. The Morgan fingerprint density at radius 2 is 2.00 bits per heavy atom. The Morgan fingerprint density at radius 1 is 1.41 bits per heavy atom. The second-order valence-corrected chi connectivity index (χ2v) is 5.21. The minimum atomic E-state index is -0.0687. The van der Waals surface area contributed by atoms with E-state index in [9.17, 15) is 4.79 Å². The van der Waals surface area contributed by atoms with E-state index in [0.29, 0.717) is 12.1 Å². The van der Waals surface area contributed by atoms with Crippen molar-refractivity contribution in [2.45, 2.75) is 33.2 Å². The third kappa shape index (κ3) is 4.15. The van der Waals surface area contributed by atoms with Gasteiger partial charge in [0, 0.05) is 24.0 Å². The number of nitrogens with one attached hydrogen (secondary N) is 1. The van der Waals surface area contributed by atoms with E-state index in [-0.39, 0.29) is 17.4 Å². The summed E-state index contributed by atoms with van der Waals surface area (Å²) in [6, 6.07) is 3.49. The number of aromatic nitrogens is 1. The molecule has 17 heavy (non-hydrogen) atoms. The highest BCUT2D eigenvalue weighted by Gasteiger charge is 2.25. The molecule has 1 aromatic heterocycles. The molecule has 0 radical (unpaired) electrons. The molecule has 3 N–H and O–H groups in total. The van der Waals surface area contributed by atoms with Crippen molar-refractivity contribution >= 4 is 5.91 Å². The van der Waals surface area contributed by atoms with Crippen molar-refractivity contribution in [3.63, 3.8) is 0 Å². The highest BCUT2D eigenvalue weighted by Crippen LogP contribution is 2.21. The Morgan fingerprint density at radius 3 is 2.47 bits per heavy atom. The number of rotatable bonds is 4. The predicted molar refractivity (Wildman–Crippen MR) is 68.6 cm³/mol. The van der Waals surface area contributed by atoms with Crippen molar-refractivity contribution in [3.05, 3.63) is 30.1 Å². The van der Waals surface area contributed by atoms with Crippen LogP contribution in [0.25, 0.3) is 0 Å². The minimum absolute atomic E-state index is 0.00204. The number of amides is 1. The van der Waals surface area contributed by atoms with E-state index in [1.54, 1.807) is 24.5 Å². The van der Waals surface area contributed by atoms with Crippen LogP contribution in [0.5, 0.6) is 0 Å². The first-order valence-corrected chi connectivity index (χ1v) is 5.86. The second kappa shape index (κ2) is 5.77. The topological polar surface area (TPSA) is 68.0 Å². The zero-order chi connectivity index (χ0) is 12.9. The molecule has 0 aromatic carbocycles. The summed E-state index contributed by atoms with van der Waals surface area (Å²) in [5.74, 6) is -0.0687. The molecule has 0 saturated heterocycles. The zero-order valence-electron chi connectivity index (χ0n) is 10.7. The second-order valence-electron chi connectivity index (χ2n) is 5.21. The number of hydrogen-bond acceptors (Lipinski definition) is 3. The zero-order valence-corrected chi connectivity index (χ0v) is 10.7. The van der Waals surface area contributed by atoms with Gasteiger partial charge in [0.05, 0.1) is 0 Å². The van der Waals surface area contributed by atoms with Crippen LogP contribution < -0.4 is 11.1 Å². The van der Waals surface area contributed by atoms with Gasteiger partial charge in [-0.3, -0.25) is 9.78 Å². The molecule has 1 rings (SSSR count). The molecule has 0 bridgehead atoms. The van der Waals surface area contributed by atoms with Gasteiger partial charge in [-0.05, 0) is 30.5 Å². The number of carbonyl (C=O) groups is 1. The molecule has 94 valence electrons. The van der Waals surface area contributed by atoms with Gasteiger partial charge in [0.1, 0.15) is 0 Å². The molecule has 1 aromatic rings. The van der Waals surface area contributed by atoms with Crippen LogP contribution in [-0.4, -0.2) is 23.5 Å². The van der Waals surface area contributed by atoms with Crippen molar-refractivity contribution in [2.24, 2.45) is 11.1 Å². The first-order chi connectivity index (χ1) is 7.95. The summed E-state index contributed by atoms with van der Waals surface area (Å²) >= 11 is 0. The molecule has 0 fully saturated rings. The van der Waals surface area contributed by atoms with E-state index in [2.05, 4.69) is 31.1 Å². The molecule has 1 amide bonds. The Bertz CT molecular complexity index is 357. The first-order valence-electron chi connectivity index (χ1n) is 5.86. The molecule has 4 heteroatoms. The third-order valence-electron chi connectivity index (χ3n) is 2.75. The summed E-state index contributed by atoms with van der Waals surface area (Å²) in [4.78, 5) is 15.9. The average Bonchev–Trinajstić information content (AvgIpc) is 2.28. The lowest BCUT2D eigenvalue weighted by Gasteiger charge is -2.31. The van der Waals surface area contributed by atoms with Crippen LogP contribution in [0.2, 0.25) is 0 Å². The van der Waals surface area contributed by atoms with Crippen molar-refractivity contribution in [2.75, 3.05) is 6.54 Å². The quantitative estimate of drug-likeness (QED) is 0.832. The average molecular weight is 235 g/mol. The highest BCUT2D eigenvalue weighted by atomic mass is 16.1. The van der Waals surface area contributed by atoms with E-state index in [1.807, 2.05) is 0 Å². The van der Waals surface area contributed by atoms with Crippen LogP contribution in [-0.2, 0) is 0 Å². The summed E-state index contributed by atoms with van der Waals surface area (Å²) < 4.78 is 0. The number of carbonyl (C=O) groups excluding carboxylic acids is 1. The molecule has 4 nitrogen and oxygen atoms in total. The van der Waals surface area contributed by atoms with E-state index < -0.39 is 0 Å². The van der Waals surface area contributed by atoms with E-state index in [1.165, 1.54) is 0 Å². The fraction of sp³-hybridized carbons (Fsp3) is 0.538. The Balaban J connectivity index is 2.71. The first kappa shape index (κ1) is 13.6. The summed E-state index contributed by atoms with van der Waals surface area (Å²) in [6.45, 7) is 6.86. The molecular weight excluding hydrogens is 214 g/mol. The molecule has 0 aliphatic heterocycles. The molecule has 1 atom stereocenters. The monoisotopic (exact) mass is 235 g/mol. The van der Waals surface area contributed by atoms with Gasteiger partial charge in [-0.1, -0.05) is 20.8 Å². The standard InChI is InChI=1S/C13H21N3O/c1-13(2,3)11(4-7-14)16-12(17)10-5-8-15-9-6-10/h5-6,8-9,11H,4,7,14H2,1-3H3,(H,16,17). The number of pyridine rings is 1. The van der Waals surface area contributed by atoms with Crippen molar-refractivity contribution in [1.82, 2.24) is 10.3 Å². The molecule has 0 aliphatic rings. The van der Waals surface area contributed by atoms with Gasteiger partial charge in [0.25, 0.3) is 5.91 Å². The fourth-order valence-electron chi connectivity index (χ4n) is 1.63. The van der Waals surface area contributed by atoms with Crippen LogP contribution in [0, 0.1) is 5.41 Å². The van der Waals surface area contributed by atoms with Gasteiger partial charge in [0.15, 0.2) is 0 Å². The maximum atomic E-state index is 12.0. The van der Waals surface area contributed by atoms with Crippen LogP contribution in [0.4, 0.5) is 0 Å². The molecule has 0 aliphatic carbocycles. The van der Waals surface area contributed by atoms with E-state index in [4.69, 9.17) is 5.73 Å². The molecule has 1 heterocycles. The van der Waals surface area contributed by atoms with Gasteiger partial charge in [0.2, 0.25) is 0 Å². The highest BCUT2D eigenvalue weighted by molar-refractivity contribution is 5.94. The maximum Gasteiger partial charge on any atom is 0.251 e. The Kier molecular flexibility index (Phi) is 4.63. The van der Waals surface area contributed by atoms with Crippen molar-refractivity contribution in [1.29, 1.82) is 0 Å². The van der Waals surface area contributed by atoms with Crippen molar-refractivity contribution in [3.8, 4) is 0 Å². The Labute approximate surface area is 103 Å². The molecule has 0 spiro atoms. The van der Waals surface area contributed by atoms with E-state index in [0.717, 1.165) is 6.42 Å². The number of nitrogens with two attached hydrogens (primary N) is 1. The van der Waals surface area contributed by atoms with Gasteiger partial charge >= 0.3 is 0 Å². The van der Waals surface area contributed by atoms with Gasteiger partial charge in [-0.15, -0.1) is 0 Å². The van der Waals surface area contributed by atoms with E-state index >= 15 is 0 Å². The number of hydrogen-bond donors (Lipinski definition) is 2. The smallest absolute Gasteiger partial charge is 0.251 e. The van der Waals surface area contributed by atoms with Crippen LogP contribution in [0.15, 0.2) is 24.5 Å². The maximum absolute atomic E-state index is 12.0. The minimum Gasteiger partial charge on any atom is -0.349 e. The molecule has 0 saturated carbocycles. The summed E-state index contributed by atoms with van der Waals surface area (Å²) in [7, 11) is 0. The van der Waals surface area contributed by atoms with Crippen molar-refractivity contribution < 1.29 is 4.79 Å². The SMILES string of the molecule is CC(C)(C)C(CCN)NC(=O)c1ccncc1. The number of nitrogens with zero attached hydrogens (tertiary/aromatic N) is 1. The summed E-state index contributed by atoms with van der Waals surface area (Å²) in [5.41, 5.74) is 6.21. The summed E-state index contributed by atoms with van der Waals surface area (Å²) in [6.07, 6.45) is 4.01. The summed E-state index contributed by atoms with van der Waals surface area (Å²) in [5, 5.41) is 3.03.